The van der Waals surface area contributed by atoms with Gasteiger partial charge in [0.25, 0.3) is 0 Å². The van der Waals surface area contributed by atoms with E-state index < -0.39 is 18.1 Å². The zero-order chi connectivity index (χ0) is 27.9. The minimum Gasteiger partial charge on any atom is -0.491 e. The number of methoxy groups -OCH3 is 1. The number of carboxylic acids is 1. The molecule has 0 bridgehead atoms. The zero-order valence-electron chi connectivity index (χ0n) is 21.2. The van der Waals surface area contributed by atoms with E-state index >= 15 is 0 Å². The number of nitrogens with zero attached hydrogens (tertiary/aromatic N) is 1. The summed E-state index contributed by atoms with van der Waals surface area (Å²) in [5.41, 5.74) is 2.29. The van der Waals surface area contributed by atoms with Crippen LogP contribution in [-0.4, -0.2) is 65.7 Å². The van der Waals surface area contributed by atoms with Gasteiger partial charge in [-0.2, -0.15) is 0 Å². The molecule has 4 rings (SSSR count). The Morgan fingerprint density at radius 1 is 1.10 bits per heavy atom. The molecule has 11 heteroatoms. The third-order valence-corrected chi connectivity index (χ3v) is 7.57. The molecule has 3 N–H and O–H groups in total. The van der Waals surface area contributed by atoms with Crippen molar-refractivity contribution in [2.24, 2.45) is 0 Å². The summed E-state index contributed by atoms with van der Waals surface area (Å²) in [6, 6.07) is 12.8. The molecule has 2 aromatic carbocycles. The summed E-state index contributed by atoms with van der Waals surface area (Å²) < 4.78 is 12.2. The number of allylic oxidation sites excluding steroid dienone is 2. The van der Waals surface area contributed by atoms with Crippen LogP contribution in [0, 0.1) is 0 Å². The maximum atomic E-state index is 13.2. The first kappa shape index (κ1) is 28.7. The van der Waals surface area contributed by atoms with Crippen molar-refractivity contribution in [3.8, 4) is 5.75 Å². The molecule has 3 amide bonds. The lowest BCUT2D eigenvalue weighted by Gasteiger charge is -2.27. The average molecular weight is 619 g/mol. The molecule has 2 aromatic rings. The fourth-order valence-electron chi connectivity index (χ4n) is 4.55. The van der Waals surface area contributed by atoms with Gasteiger partial charge in [0.05, 0.1) is 22.7 Å². The Labute approximate surface area is 239 Å². The number of benzene rings is 2. The normalized spacial score (nSPS) is 20.6. The molecule has 9 nitrogen and oxygen atoms in total. The van der Waals surface area contributed by atoms with E-state index in [0.29, 0.717) is 36.5 Å². The molecule has 3 atom stereocenters. The Bertz CT molecular complexity index is 1280. The second-order valence-corrected chi connectivity index (χ2v) is 10.8. The van der Waals surface area contributed by atoms with E-state index in [1.54, 1.807) is 36.3 Å². The second kappa shape index (κ2) is 13.1. The Morgan fingerprint density at radius 3 is 2.54 bits per heavy atom. The maximum Gasteiger partial charge on any atom is 0.335 e. The van der Waals surface area contributed by atoms with E-state index in [4.69, 9.17) is 26.2 Å². The number of urea groups is 1. The SMILES string of the molecule is COC1CC(CC(=O)N2C[C@@H](Cl)C[C@H]2COc2ccc(C(=O)O)cc2)=CC=C1NC(=O)Nc1ccccc1Br. The van der Waals surface area contributed by atoms with Gasteiger partial charge in [-0.15, -0.1) is 11.6 Å². The Morgan fingerprint density at radius 2 is 1.85 bits per heavy atom. The van der Waals surface area contributed by atoms with E-state index in [0.717, 1.165) is 10.0 Å². The van der Waals surface area contributed by atoms with Crippen LogP contribution in [0.25, 0.3) is 0 Å². The van der Waals surface area contributed by atoms with Gasteiger partial charge in [-0.3, -0.25) is 4.79 Å². The number of hydrogen-bond donors (Lipinski definition) is 3. The number of alkyl halides is 1. The molecule has 1 fully saturated rings. The van der Waals surface area contributed by atoms with E-state index in [9.17, 15) is 14.4 Å². The lowest BCUT2D eigenvalue weighted by atomic mass is 9.96. The summed E-state index contributed by atoms with van der Waals surface area (Å²) in [6.07, 6.45) is 4.44. The molecule has 2 aliphatic rings. The van der Waals surface area contributed by atoms with Crippen molar-refractivity contribution in [1.82, 2.24) is 10.2 Å². The van der Waals surface area contributed by atoms with Crippen LogP contribution in [0.15, 0.2) is 76.4 Å². The largest absolute Gasteiger partial charge is 0.491 e. The molecule has 1 heterocycles. The van der Waals surface area contributed by atoms with Crippen molar-refractivity contribution >= 4 is 51.1 Å². The minimum atomic E-state index is -1.01. The Balaban J connectivity index is 1.35. The van der Waals surface area contributed by atoms with Gasteiger partial charge in [-0.25, -0.2) is 9.59 Å². The van der Waals surface area contributed by atoms with Crippen LogP contribution in [0.4, 0.5) is 10.5 Å². The number of para-hydroxylation sites is 1. The van der Waals surface area contributed by atoms with Gasteiger partial charge in [-0.05, 0) is 64.8 Å². The van der Waals surface area contributed by atoms with Gasteiger partial charge >= 0.3 is 12.0 Å². The molecule has 0 aromatic heterocycles. The summed E-state index contributed by atoms with van der Waals surface area (Å²) in [6.45, 7) is 0.674. The number of nitrogens with one attached hydrogen (secondary N) is 2. The lowest BCUT2D eigenvalue weighted by Crippen LogP contribution is -2.40. The third-order valence-electron chi connectivity index (χ3n) is 6.56. The smallest absolute Gasteiger partial charge is 0.335 e. The van der Waals surface area contributed by atoms with Crippen LogP contribution in [0.2, 0.25) is 0 Å². The first-order valence-corrected chi connectivity index (χ1v) is 13.6. The lowest BCUT2D eigenvalue weighted by molar-refractivity contribution is -0.131. The Hall–Kier alpha value is -3.34. The van der Waals surface area contributed by atoms with E-state index in [1.165, 1.54) is 12.1 Å². The summed E-state index contributed by atoms with van der Waals surface area (Å²) >= 11 is 9.81. The van der Waals surface area contributed by atoms with Gasteiger partial charge in [-0.1, -0.05) is 23.8 Å². The zero-order valence-corrected chi connectivity index (χ0v) is 23.6. The molecule has 1 saturated heterocycles. The first-order chi connectivity index (χ1) is 18.7. The molecule has 1 unspecified atom stereocenters. The fraction of sp³-hybridized carbons (Fsp3) is 0.321. The molecule has 0 saturated carbocycles. The number of rotatable bonds is 9. The maximum absolute atomic E-state index is 13.2. The number of carbonyl (C=O) groups excluding carboxylic acids is 2. The molecular weight excluding hydrogens is 590 g/mol. The van der Waals surface area contributed by atoms with Crippen LogP contribution in [0.5, 0.6) is 5.75 Å². The molecule has 206 valence electrons. The van der Waals surface area contributed by atoms with Gasteiger partial charge in [0.15, 0.2) is 0 Å². The van der Waals surface area contributed by atoms with Crippen LogP contribution in [-0.2, 0) is 9.53 Å². The molecule has 1 aliphatic heterocycles. The molecule has 0 radical (unpaired) electrons. The van der Waals surface area contributed by atoms with Crippen molar-refractivity contribution in [3.63, 3.8) is 0 Å². The monoisotopic (exact) mass is 617 g/mol. The van der Waals surface area contributed by atoms with Crippen LogP contribution in [0.1, 0.15) is 29.6 Å². The van der Waals surface area contributed by atoms with Crippen LogP contribution in [0.3, 0.4) is 0 Å². The van der Waals surface area contributed by atoms with Crippen LogP contribution < -0.4 is 15.4 Å². The van der Waals surface area contributed by atoms with Gasteiger partial charge in [0.2, 0.25) is 5.91 Å². The van der Waals surface area contributed by atoms with Crippen LogP contribution >= 0.6 is 27.5 Å². The standard InChI is InChI=1S/C28H29BrClN3O6/c1-38-25-12-17(6-11-24(25)32-28(37)31-23-5-3-2-4-22(23)29)13-26(34)33-15-19(30)14-20(33)16-39-21-9-7-18(8-10-21)27(35)36/h2-11,19-20,25H,12-16H2,1H3,(H,35,36)(H2,31,32,37)/t19-,20-,25?/m0/s1. The first-order valence-electron chi connectivity index (χ1n) is 12.4. The second-order valence-electron chi connectivity index (χ2n) is 9.28. The van der Waals surface area contributed by atoms with Gasteiger partial charge in [0, 0.05) is 36.7 Å². The quantitative estimate of drug-likeness (QED) is 0.334. The van der Waals surface area contributed by atoms with Crippen molar-refractivity contribution in [3.05, 3.63) is 82.0 Å². The van der Waals surface area contributed by atoms with Crippen molar-refractivity contribution < 1.29 is 29.0 Å². The summed E-state index contributed by atoms with van der Waals surface area (Å²) in [5.74, 6) is -0.545. The van der Waals surface area contributed by atoms with Crippen molar-refractivity contribution in [1.29, 1.82) is 0 Å². The average Bonchev–Trinajstić information content (AvgIpc) is 3.30. The topological polar surface area (TPSA) is 117 Å². The van der Waals surface area contributed by atoms with E-state index in [1.807, 2.05) is 24.3 Å². The highest BCUT2D eigenvalue weighted by Crippen LogP contribution is 2.28. The number of carbonyl (C=O) groups is 3. The molecule has 0 spiro atoms. The van der Waals surface area contributed by atoms with Gasteiger partial charge < -0.3 is 30.1 Å². The summed E-state index contributed by atoms with van der Waals surface area (Å²) in [4.78, 5) is 38.6. The number of amides is 3. The number of halogens is 2. The number of carboxylic acid groups (broad SMARTS) is 1. The van der Waals surface area contributed by atoms with Gasteiger partial charge in [0.1, 0.15) is 18.5 Å². The predicted molar refractivity (Wildman–Crippen MR) is 151 cm³/mol. The number of aromatic carboxylic acids is 1. The molecular formula is C28H29BrClN3O6. The van der Waals surface area contributed by atoms with E-state index in [-0.39, 0.29) is 35.9 Å². The fourth-order valence-corrected chi connectivity index (χ4v) is 5.29. The van der Waals surface area contributed by atoms with Crippen molar-refractivity contribution in [2.75, 3.05) is 25.6 Å². The summed E-state index contributed by atoms with van der Waals surface area (Å²) in [5, 5.41) is 14.5. The summed E-state index contributed by atoms with van der Waals surface area (Å²) in [7, 11) is 1.56. The predicted octanol–water partition coefficient (Wildman–Crippen LogP) is 5.18. The highest BCUT2D eigenvalue weighted by atomic mass is 79.9. The number of ether oxygens (including phenoxy) is 2. The number of likely N-dealkylation sites (tertiary alicyclic amines) is 1. The highest BCUT2D eigenvalue weighted by molar-refractivity contribution is 9.10. The third kappa shape index (κ3) is 7.62. The molecule has 39 heavy (non-hydrogen) atoms. The number of hydrogen-bond acceptors (Lipinski definition) is 5. The Kier molecular flexibility index (Phi) is 9.66. The van der Waals surface area contributed by atoms with E-state index in [2.05, 4.69) is 26.6 Å². The minimum absolute atomic E-state index is 0.0643. The molecule has 1 aliphatic carbocycles. The number of anilines is 1. The highest BCUT2D eigenvalue weighted by Gasteiger charge is 2.35. The van der Waals surface area contributed by atoms with Crippen molar-refractivity contribution in [2.45, 2.75) is 36.8 Å².